The van der Waals surface area contributed by atoms with E-state index in [1.54, 1.807) is 0 Å². The van der Waals surface area contributed by atoms with Gasteiger partial charge in [0.15, 0.2) is 0 Å². The van der Waals surface area contributed by atoms with Crippen molar-refractivity contribution in [2.75, 3.05) is 0 Å². The zero-order valence-electron chi connectivity index (χ0n) is 12.0. The summed E-state index contributed by atoms with van der Waals surface area (Å²) in [6.07, 6.45) is 1.20. The maximum atomic E-state index is 10.1. The molecule has 0 spiro atoms. The van der Waals surface area contributed by atoms with E-state index in [1.165, 1.54) is 37.9 Å². The summed E-state index contributed by atoms with van der Waals surface area (Å²) in [7, 11) is 0. The van der Waals surface area contributed by atoms with Crippen LogP contribution in [0.2, 0.25) is 0 Å². The van der Waals surface area contributed by atoms with E-state index in [0.29, 0.717) is 0 Å². The zero-order valence-corrected chi connectivity index (χ0v) is 12.8. The molecular weight excluding hydrogens is 292 g/mol. The fourth-order valence-electron chi connectivity index (χ4n) is 4.06. The molecule has 0 radical (unpaired) electrons. The molecule has 0 saturated heterocycles. The van der Waals surface area contributed by atoms with Gasteiger partial charge in [-0.3, -0.25) is 0 Å². The minimum atomic E-state index is -0.442. The van der Waals surface area contributed by atoms with Crippen molar-refractivity contribution >= 4 is 43.9 Å². The van der Waals surface area contributed by atoms with Gasteiger partial charge in [0.2, 0.25) is 0 Å². The van der Waals surface area contributed by atoms with Crippen molar-refractivity contribution in [1.82, 2.24) is 0 Å². The molecule has 0 heterocycles. The lowest BCUT2D eigenvalue weighted by atomic mass is 9.82. The topological polar surface area (TPSA) is 20.2 Å². The Morgan fingerprint density at radius 2 is 1.64 bits per heavy atom. The summed E-state index contributed by atoms with van der Waals surface area (Å²) in [5.41, 5.74) is 2.42. The van der Waals surface area contributed by atoms with Crippen molar-refractivity contribution in [3.05, 3.63) is 59.7 Å². The number of hydrogen-bond acceptors (Lipinski definition) is 1. The van der Waals surface area contributed by atoms with Crippen LogP contribution in [-0.2, 0) is 6.42 Å². The van der Waals surface area contributed by atoms with Gasteiger partial charge in [0.05, 0.1) is 11.5 Å². The average molecular weight is 307 g/mol. The van der Waals surface area contributed by atoms with Crippen molar-refractivity contribution in [3.8, 4) is 0 Å². The van der Waals surface area contributed by atoms with Gasteiger partial charge < -0.3 is 5.11 Å². The highest BCUT2D eigenvalue weighted by molar-refractivity contribution is 6.25. The Balaban J connectivity index is 2.01. The van der Waals surface area contributed by atoms with Crippen LogP contribution in [0.1, 0.15) is 22.9 Å². The molecule has 0 aromatic heterocycles. The molecule has 1 nitrogen and oxygen atoms in total. The van der Waals surface area contributed by atoms with E-state index in [4.69, 9.17) is 11.6 Å². The van der Waals surface area contributed by atoms with Crippen LogP contribution >= 0.6 is 11.6 Å². The highest BCUT2D eigenvalue weighted by atomic mass is 35.5. The van der Waals surface area contributed by atoms with Gasteiger partial charge in [-0.05, 0) is 62.4 Å². The van der Waals surface area contributed by atoms with Crippen molar-refractivity contribution in [3.63, 3.8) is 0 Å². The smallest absolute Gasteiger partial charge is 0.0847 e. The molecular formula is C20H15ClO. The fraction of sp³-hybridized carbons (Fsp3) is 0.200. The molecule has 1 N–H and O–H groups in total. The molecule has 22 heavy (non-hydrogen) atoms. The van der Waals surface area contributed by atoms with Crippen LogP contribution < -0.4 is 0 Å². The number of aliphatic hydroxyl groups is 1. The summed E-state index contributed by atoms with van der Waals surface area (Å²) >= 11 is 6.49. The van der Waals surface area contributed by atoms with Crippen molar-refractivity contribution in [1.29, 1.82) is 0 Å². The van der Waals surface area contributed by atoms with Crippen LogP contribution in [0.5, 0.6) is 0 Å². The van der Waals surface area contributed by atoms with Gasteiger partial charge in [-0.25, -0.2) is 0 Å². The molecule has 0 aliphatic heterocycles. The molecule has 1 aliphatic rings. The van der Waals surface area contributed by atoms with Gasteiger partial charge in [-0.15, -0.1) is 11.6 Å². The normalized spacial score (nSPS) is 21.7. The number of fused-ring (bicyclic) bond motifs is 2. The van der Waals surface area contributed by atoms with Gasteiger partial charge in [0.1, 0.15) is 0 Å². The maximum absolute atomic E-state index is 10.1. The third-order valence-corrected chi connectivity index (χ3v) is 5.64. The lowest BCUT2D eigenvalue weighted by Gasteiger charge is -2.28. The molecule has 0 bridgehead atoms. The Labute approximate surface area is 133 Å². The van der Waals surface area contributed by atoms with Crippen molar-refractivity contribution in [2.24, 2.45) is 0 Å². The Kier molecular flexibility index (Phi) is 2.51. The summed E-state index contributed by atoms with van der Waals surface area (Å²) in [5.74, 6) is 0. The summed E-state index contributed by atoms with van der Waals surface area (Å²) < 4.78 is 0. The van der Waals surface area contributed by atoms with Gasteiger partial charge in [0, 0.05) is 0 Å². The summed E-state index contributed by atoms with van der Waals surface area (Å²) in [4.78, 5) is 0. The minimum Gasteiger partial charge on any atom is -0.391 e. The average Bonchev–Trinajstić information content (AvgIpc) is 2.56. The van der Waals surface area contributed by atoms with Crippen molar-refractivity contribution < 1.29 is 5.11 Å². The van der Waals surface area contributed by atoms with Crippen LogP contribution in [0.25, 0.3) is 32.3 Å². The van der Waals surface area contributed by atoms with Gasteiger partial charge in [0.25, 0.3) is 0 Å². The second-order valence-corrected chi connectivity index (χ2v) is 6.78. The van der Waals surface area contributed by atoms with E-state index >= 15 is 0 Å². The molecule has 2 atom stereocenters. The number of alkyl halides is 1. The van der Waals surface area contributed by atoms with Gasteiger partial charge in [-0.1, -0.05) is 42.5 Å². The van der Waals surface area contributed by atoms with Gasteiger partial charge >= 0.3 is 0 Å². The monoisotopic (exact) mass is 306 g/mol. The Morgan fingerprint density at radius 3 is 2.45 bits per heavy atom. The highest BCUT2D eigenvalue weighted by Gasteiger charge is 2.28. The third kappa shape index (κ3) is 1.53. The molecule has 0 fully saturated rings. The molecule has 2 heteroatoms. The molecule has 0 amide bonds. The summed E-state index contributed by atoms with van der Waals surface area (Å²) in [5, 5.41) is 17.6. The van der Waals surface area contributed by atoms with E-state index in [-0.39, 0.29) is 5.38 Å². The largest absolute Gasteiger partial charge is 0.391 e. The first kappa shape index (κ1) is 12.7. The zero-order chi connectivity index (χ0) is 14.8. The van der Waals surface area contributed by atoms with Crippen LogP contribution in [0.4, 0.5) is 0 Å². The lowest BCUT2D eigenvalue weighted by molar-refractivity contribution is 0.153. The molecule has 0 unspecified atom stereocenters. The number of rotatable bonds is 0. The number of aryl methyl sites for hydroxylation is 1. The summed E-state index contributed by atoms with van der Waals surface area (Å²) in [6.45, 7) is 0. The van der Waals surface area contributed by atoms with Crippen LogP contribution in [0.15, 0.2) is 48.5 Å². The SMILES string of the molecule is O[C@@H]1CCc2c(cc3ccc4cccc5ccc2c3c45)[C@@H]1Cl. The standard InChI is InChI=1S/C20H15ClO/c21-20-16-10-13-5-4-11-2-1-3-12-6-7-15(19(13)18(11)12)14(16)8-9-17(20)22/h1-7,10,17,20,22H,8-9H2/t17-,20+/m1/s1. The third-order valence-electron chi connectivity index (χ3n) is 5.12. The number of halogens is 1. The number of hydrogen-bond donors (Lipinski definition) is 1. The first-order chi connectivity index (χ1) is 10.7. The first-order valence-corrected chi connectivity index (χ1v) is 8.19. The van der Waals surface area contributed by atoms with E-state index in [2.05, 4.69) is 48.5 Å². The highest BCUT2D eigenvalue weighted by Crippen LogP contribution is 2.43. The number of benzene rings is 4. The van der Waals surface area contributed by atoms with Crippen LogP contribution in [-0.4, -0.2) is 11.2 Å². The Hall–Kier alpha value is -1.83. The van der Waals surface area contributed by atoms with E-state index < -0.39 is 6.10 Å². The first-order valence-electron chi connectivity index (χ1n) is 7.75. The van der Waals surface area contributed by atoms with Crippen LogP contribution in [0, 0.1) is 0 Å². The molecule has 108 valence electrons. The molecule has 4 aromatic carbocycles. The molecule has 0 saturated carbocycles. The van der Waals surface area contributed by atoms with Gasteiger partial charge in [-0.2, -0.15) is 0 Å². The van der Waals surface area contributed by atoms with E-state index in [1.807, 2.05) is 0 Å². The minimum absolute atomic E-state index is 0.300. The van der Waals surface area contributed by atoms with Crippen LogP contribution in [0.3, 0.4) is 0 Å². The van der Waals surface area contributed by atoms with E-state index in [0.717, 1.165) is 18.4 Å². The van der Waals surface area contributed by atoms with E-state index in [9.17, 15) is 5.11 Å². The second kappa shape index (κ2) is 4.34. The predicted octanol–water partition coefficient (Wildman–Crippen LogP) is 5.17. The Morgan fingerprint density at radius 1 is 0.909 bits per heavy atom. The molecule has 4 aromatic rings. The molecule has 1 aliphatic carbocycles. The molecule has 5 rings (SSSR count). The lowest BCUT2D eigenvalue weighted by Crippen LogP contribution is -2.21. The Bertz CT molecular complexity index is 1000. The quantitative estimate of drug-likeness (QED) is 0.351. The maximum Gasteiger partial charge on any atom is 0.0847 e. The second-order valence-electron chi connectivity index (χ2n) is 6.31. The fourth-order valence-corrected chi connectivity index (χ4v) is 4.38. The van der Waals surface area contributed by atoms with Crippen molar-refractivity contribution in [2.45, 2.75) is 24.3 Å². The summed E-state index contributed by atoms with van der Waals surface area (Å²) in [6, 6.07) is 17.4. The predicted molar refractivity (Wildman–Crippen MR) is 93.1 cm³/mol. The number of aliphatic hydroxyl groups excluding tert-OH is 1.